The van der Waals surface area contributed by atoms with Crippen LogP contribution in [0.15, 0.2) is 36.5 Å². The van der Waals surface area contributed by atoms with E-state index in [4.69, 9.17) is 0 Å². The van der Waals surface area contributed by atoms with Crippen LogP contribution in [0.4, 0.5) is 4.39 Å². The third-order valence-electron chi connectivity index (χ3n) is 4.08. The molecule has 1 N–H and O–H groups in total. The van der Waals surface area contributed by atoms with Crippen LogP contribution in [0.1, 0.15) is 28.3 Å². The lowest BCUT2D eigenvalue weighted by Gasteiger charge is -2.24. The molecule has 1 atom stereocenters. The van der Waals surface area contributed by atoms with Gasteiger partial charge in [-0.15, -0.1) is 0 Å². The number of rotatable bonds is 2. The summed E-state index contributed by atoms with van der Waals surface area (Å²) in [6.07, 6.45) is 4.02. The van der Waals surface area contributed by atoms with Gasteiger partial charge in [-0.2, -0.15) is 0 Å². The Bertz CT molecular complexity index is 610. The van der Waals surface area contributed by atoms with Gasteiger partial charge in [0.2, 0.25) is 0 Å². The normalized spacial score (nSPS) is 17.8. The number of hydrogen-bond acceptors (Lipinski definition) is 2. The molecule has 0 saturated carbocycles. The number of nitrogens with zero attached hydrogens (tertiary/aromatic N) is 1. The van der Waals surface area contributed by atoms with E-state index in [9.17, 15) is 4.39 Å². The molecule has 0 saturated heterocycles. The van der Waals surface area contributed by atoms with Gasteiger partial charge in [0.15, 0.2) is 0 Å². The summed E-state index contributed by atoms with van der Waals surface area (Å²) in [6.45, 7) is 0.912. The Kier molecular flexibility index (Phi) is 3.79. The molecule has 1 aliphatic carbocycles. The zero-order chi connectivity index (χ0) is 13.9. The third-order valence-corrected chi connectivity index (χ3v) is 4.08. The van der Waals surface area contributed by atoms with E-state index in [0.29, 0.717) is 5.92 Å². The molecule has 2 nitrogen and oxygen atoms in total. The van der Waals surface area contributed by atoms with E-state index in [1.54, 1.807) is 6.07 Å². The van der Waals surface area contributed by atoms with Crippen molar-refractivity contribution in [2.45, 2.75) is 25.2 Å². The second-order valence-electron chi connectivity index (χ2n) is 5.42. The van der Waals surface area contributed by atoms with Crippen molar-refractivity contribution >= 4 is 0 Å². The molecule has 104 valence electrons. The maximum atomic E-state index is 13.4. The van der Waals surface area contributed by atoms with E-state index in [1.807, 2.05) is 7.05 Å². The average Bonchev–Trinajstić information content (AvgIpc) is 2.45. The first-order valence-electron chi connectivity index (χ1n) is 7.13. The fraction of sp³-hybridized carbons (Fsp3) is 0.353. The van der Waals surface area contributed by atoms with Gasteiger partial charge < -0.3 is 5.32 Å². The third kappa shape index (κ3) is 2.59. The summed E-state index contributed by atoms with van der Waals surface area (Å²) in [5.41, 5.74) is 4.88. The first kappa shape index (κ1) is 13.3. The smallest absolute Gasteiger partial charge is 0.141 e. The molecule has 0 fully saturated rings. The first-order valence-corrected chi connectivity index (χ1v) is 7.13. The lowest BCUT2D eigenvalue weighted by Crippen LogP contribution is -2.23. The predicted octanol–water partition coefficient (Wildman–Crippen LogP) is 2.87. The Morgan fingerprint density at radius 3 is 2.90 bits per heavy atom. The van der Waals surface area contributed by atoms with Crippen molar-refractivity contribution in [3.8, 4) is 0 Å². The largest absolute Gasteiger partial charge is 0.319 e. The van der Waals surface area contributed by atoms with Crippen LogP contribution in [-0.2, 0) is 19.3 Å². The van der Waals surface area contributed by atoms with E-state index in [2.05, 4.69) is 34.6 Å². The maximum Gasteiger partial charge on any atom is 0.141 e. The van der Waals surface area contributed by atoms with Gasteiger partial charge in [-0.25, -0.2) is 4.39 Å². The lowest BCUT2D eigenvalue weighted by atomic mass is 9.84. The van der Waals surface area contributed by atoms with Crippen molar-refractivity contribution in [1.82, 2.24) is 10.3 Å². The number of likely N-dealkylation sites (N-methyl/N-ethyl adjacent to an activating group) is 1. The first-order chi connectivity index (χ1) is 9.78. The van der Waals surface area contributed by atoms with Crippen molar-refractivity contribution in [1.29, 1.82) is 0 Å². The van der Waals surface area contributed by atoms with Gasteiger partial charge in [-0.3, -0.25) is 4.98 Å². The predicted molar refractivity (Wildman–Crippen MR) is 78.4 cm³/mol. The van der Waals surface area contributed by atoms with Crippen molar-refractivity contribution in [2.75, 3.05) is 13.6 Å². The second kappa shape index (κ2) is 5.71. The zero-order valence-electron chi connectivity index (χ0n) is 11.7. The van der Waals surface area contributed by atoms with Crippen LogP contribution >= 0.6 is 0 Å². The summed E-state index contributed by atoms with van der Waals surface area (Å²) < 4.78 is 13.4. The van der Waals surface area contributed by atoms with Crippen LogP contribution in [0.3, 0.4) is 0 Å². The number of halogens is 1. The van der Waals surface area contributed by atoms with Crippen LogP contribution < -0.4 is 5.32 Å². The van der Waals surface area contributed by atoms with Gasteiger partial charge in [0.25, 0.3) is 0 Å². The zero-order valence-corrected chi connectivity index (χ0v) is 11.7. The monoisotopic (exact) mass is 270 g/mol. The number of fused-ring (bicyclic) bond motifs is 2. The molecule has 0 spiro atoms. The van der Waals surface area contributed by atoms with Gasteiger partial charge in [0.05, 0.1) is 6.20 Å². The van der Waals surface area contributed by atoms with Crippen molar-refractivity contribution < 1.29 is 4.39 Å². The standard InChI is InChI=1S/C17H19FN2/c1-19-10-14-9-17-13(8-15(18)11-20-17)7-6-12-4-2-3-5-16(12)14/h2-5,8,11,14,19H,6-7,9-10H2,1H3. The van der Waals surface area contributed by atoms with Gasteiger partial charge in [0, 0.05) is 18.2 Å². The van der Waals surface area contributed by atoms with Crippen LogP contribution in [0.5, 0.6) is 0 Å². The second-order valence-corrected chi connectivity index (χ2v) is 5.42. The molecular weight excluding hydrogens is 251 g/mol. The van der Waals surface area contributed by atoms with Gasteiger partial charge >= 0.3 is 0 Å². The molecule has 3 heteroatoms. The molecule has 0 bridgehead atoms. The molecule has 1 unspecified atom stereocenters. The van der Waals surface area contributed by atoms with Gasteiger partial charge in [0.1, 0.15) is 5.82 Å². The SMILES string of the molecule is CNCC1Cc2ncc(F)cc2CCc2ccccc21. The molecule has 0 amide bonds. The van der Waals surface area contributed by atoms with Crippen LogP contribution in [0.25, 0.3) is 0 Å². The number of nitrogens with one attached hydrogen (secondary N) is 1. The molecule has 20 heavy (non-hydrogen) atoms. The summed E-state index contributed by atoms with van der Waals surface area (Å²) in [5.74, 6) is 0.163. The van der Waals surface area contributed by atoms with Gasteiger partial charge in [-0.1, -0.05) is 24.3 Å². The summed E-state index contributed by atoms with van der Waals surface area (Å²) >= 11 is 0. The van der Waals surface area contributed by atoms with Crippen LogP contribution in [-0.4, -0.2) is 18.6 Å². The molecular formula is C17H19FN2. The Labute approximate surface area is 119 Å². The number of aryl methyl sites for hydroxylation is 2. The fourth-order valence-corrected chi connectivity index (χ4v) is 3.11. The molecule has 1 aromatic heterocycles. The van der Waals surface area contributed by atoms with E-state index in [0.717, 1.165) is 37.1 Å². The minimum atomic E-state index is -0.234. The summed E-state index contributed by atoms with van der Waals surface area (Å²) in [5, 5.41) is 3.27. The quantitative estimate of drug-likeness (QED) is 0.907. The van der Waals surface area contributed by atoms with E-state index < -0.39 is 0 Å². The van der Waals surface area contributed by atoms with Crippen LogP contribution in [0.2, 0.25) is 0 Å². The fourth-order valence-electron chi connectivity index (χ4n) is 3.11. The number of hydrogen-bond donors (Lipinski definition) is 1. The highest BCUT2D eigenvalue weighted by Crippen LogP contribution is 2.28. The Morgan fingerprint density at radius 2 is 2.05 bits per heavy atom. The molecule has 1 aromatic carbocycles. The van der Waals surface area contributed by atoms with Gasteiger partial charge in [-0.05, 0) is 49.1 Å². The highest BCUT2D eigenvalue weighted by atomic mass is 19.1. The maximum absolute atomic E-state index is 13.4. The number of aromatic nitrogens is 1. The van der Waals surface area contributed by atoms with E-state index in [1.165, 1.54) is 17.3 Å². The number of pyridine rings is 1. The Hall–Kier alpha value is -1.74. The Balaban J connectivity index is 2.02. The minimum absolute atomic E-state index is 0.234. The lowest BCUT2D eigenvalue weighted by molar-refractivity contribution is 0.585. The average molecular weight is 270 g/mol. The highest BCUT2D eigenvalue weighted by molar-refractivity contribution is 5.36. The van der Waals surface area contributed by atoms with Crippen LogP contribution in [0, 0.1) is 5.82 Å². The minimum Gasteiger partial charge on any atom is -0.319 e. The topological polar surface area (TPSA) is 24.9 Å². The van der Waals surface area contributed by atoms with Crippen molar-refractivity contribution in [3.05, 3.63) is 64.7 Å². The molecule has 3 rings (SSSR count). The molecule has 0 aliphatic heterocycles. The molecule has 2 aromatic rings. The highest BCUT2D eigenvalue weighted by Gasteiger charge is 2.20. The van der Waals surface area contributed by atoms with Crippen molar-refractivity contribution in [3.63, 3.8) is 0 Å². The summed E-state index contributed by atoms with van der Waals surface area (Å²) in [7, 11) is 1.97. The van der Waals surface area contributed by atoms with E-state index in [-0.39, 0.29) is 5.82 Å². The summed E-state index contributed by atoms with van der Waals surface area (Å²) in [6, 6.07) is 10.2. The Morgan fingerprint density at radius 1 is 1.25 bits per heavy atom. The molecule has 1 heterocycles. The van der Waals surface area contributed by atoms with Crippen molar-refractivity contribution in [2.24, 2.45) is 0 Å². The summed E-state index contributed by atoms with van der Waals surface area (Å²) in [4.78, 5) is 4.32. The molecule has 0 radical (unpaired) electrons. The number of benzene rings is 1. The molecule has 1 aliphatic rings. The van der Waals surface area contributed by atoms with E-state index >= 15 is 0 Å².